The lowest BCUT2D eigenvalue weighted by Gasteiger charge is -2.29. The van der Waals surface area contributed by atoms with Gasteiger partial charge < -0.3 is 9.67 Å². The first-order chi connectivity index (χ1) is 12.8. The number of aromatic nitrogens is 1. The molecule has 5 nitrogen and oxygen atoms in total. The zero-order valence-corrected chi connectivity index (χ0v) is 16.6. The summed E-state index contributed by atoms with van der Waals surface area (Å²) in [5.74, 6) is -1.07. The summed E-state index contributed by atoms with van der Waals surface area (Å²) in [6, 6.07) is 8.28. The summed E-state index contributed by atoms with van der Waals surface area (Å²) in [5.41, 5.74) is 6.23. The molecular formula is C22H28N2O3. The Morgan fingerprint density at radius 2 is 1.85 bits per heavy atom. The molecule has 1 aliphatic heterocycles. The Labute approximate surface area is 160 Å². The van der Waals surface area contributed by atoms with Gasteiger partial charge in [-0.05, 0) is 76.4 Å². The monoisotopic (exact) mass is 368 g/mol. The molecule has 1 aliphatic rings. The molecular weight excluding hydrogens is 340 g/mol. The number of rotatable bonds is 5. The summed E-state index contributed by atoms with van der Waals surface area (Å²) in [6.45, 7) is 9.69. The van der Waals surface area contributed by atoms with E-state index >= 15 is 0 Å². The van der Waals surface area contributed by atoms with Crippen molar-refractivity contribution in [3.05, 3.63) is 52.3 Å². The number of carboxylic acid groups (broad SMARTS) is 1. The molecule has 1 saturated heterocycles. The molecule has 144 valence electrons. The molecule has 0 spiro atoms. The Kier molecular flexibility index (Phi) is 5.51. The van der Waals surface area contributed by atoms with Crippen LogP contribution in [0, 0.1) is 33.6 Å². The lowest BCUT2D eigenvalue weighted by Crippen LogP contribution is -2.41. The Balaban J connectivity index is 1.82. The van der Waals surface area contributed by atoms with Crippen LogP contribution in [-0.2, 0) is 4.79 Å². The van der Waals surface area contributed by atoms with E-state index in [1.54, 1.807) is 0 Å². The first-order valence-corrected chi connectivity index (χ1v) is 9.53. The van der Waals surface area contributed by atoms with E-state index < -0.39 is 5.97 Å². The smallest absolute Gasteiger partial charge is 0.307 e. The fraction of sp³-hybridized carbons (Fsp3) is 0.455. The van der Waals surface area contributed by atoms with Crippen LogP contribution in [0.2, 0.25) is 0 Å². The summed E-state index contributed by atoms with van der Waals surface area (Å²) in [7, 11) is 0. The lowest BCUT2D eigenvalue weighted by molar-refractivity contribution is -0.143. The predicted octanol–water partition coefficient (Wildman–Crippen LogP) is 3.69. The van der Waals surface area contributed by atoms with Crippen molar-refractivity contribution < 1.29 is 14.7 Å². The Morgan fingerprint density at radius 3 is 2.52 bits per heavy atom. The fourth-order valence-electron chi connectivity index (χ4n) is 4.00. The summed E-state index contributed by atoms with van der Waals surface area (Å²) < 4.78 is 2.12. The summed E-state index contributed by atoms with van der Waals surface area (Å²) in [5, 5.41) is 9.24. The molecule has 0 amide bonds. The van der Waals surface area contributed by atoms with Crippen LogP contribution in [0.25, 0.3) is 5.69 Å². The number of hydrogen-bond acceptors (Lipinski definition) is 3. The van der Waals surface area contributed by atoms with Crippen LogP contribution in [0.15, 0.2) is 24.3 Å². The van der Waals surface area contributed by atoms with E-state index in [2.05, 4.69) is 36.6 Å². The molecule has 3 rings (SSSR count). The van der Waals surface area contributed by atoms with E-state index in [1.807, 2.05) is 24.8 Å². The maximum absolute atomic E-state index is 12.9. The van der Waals surface area contributed by atoms with Crippen molar-refractivity contribution in [2.45, 2.75) is 40.5 Å². The highest BCUT2D eigenvalue weighted by atomic mass is 16.4. The second-order valence-electron chi connectivity index (χ2n) is 7.72. The third kappa shape index (κ3) is 3.98. The van der Waals surface area contributed by atoms with Crippen molar-refractivity contribution in [3.8, 4) is 5.69 Å². The number of hydrogen-bond donors (Lipinski definition) is 1. The first-order valence-electron chi connectivity index (χ1n) is 9.53. The zero-order chi connectivity index (χ0) is 19.7. The van der Waals surface area contributed by atoms with Crippen LogP contribution in [0.3, 0.4) is 0 Å². The van der Waals surface area contributed by atoms with Crippen molar-refractivity contribution in [2.75, 3.05) is 19.6 Å². The molecule has 0 aliphatic carbocycles. The van der Waals surface area contributed by atoms with E-state index in [9.17, 15) is 14.7 Å². The van der Waals surface area contributed by atoms with E-state index in [0.717, 1.165) is 35.6 Å². The third-order valence-corrected chi connectivity index (χ3v) is 5.70. The van der Waals surface area contributed by atoms with Crippen molar-refractivity contribution in [1.82, 2.24) is 9.47 Å². The van der Waals surface area contributed by atoms with Crippen molar-refractivity contribution in [1.29, 1.82) is 0 Å². The average Bonchev–Trinajstić information content (AvgIpc) is 2.92. The fourth-order valence-corrected chi connectivity index (χ4v) is 4.00. The standard InChI is InChI=1S/C22H28N2O3/c1-14-7-8-19(10-15(14)2)24-16(3)11-20(17(24)4)21(25)13-23-9-5-6-18(12-23)22(26)27/h7-8,10-11,18H,5-6,9,12-13H2,1-4H3,(H,26,27). The second kappa shape index (κ2) is 7.69. The van der Waals surface area contributed by atoms with Crippen molar-refractivity contribution in [2.24, 2.45) is 5.92 Å². The highest BCUT2D eigenvalue weighted by Crippen LogP contribution is 2.24. The van der Waals surface area contributed by atoms with Gasteiger partial charge in [-0.1, -0.05) is 6.07 Å². The minimum absolute atomic E-state index is 0.0595. The summed E-state index contributed by atoms with van der Waals surface area (Å²) >= 11 is 0. The van der Waals surface area contributed by atoms with Crippen LogP contribution in [-0.4, -0.2) is 46.0 Å². The van der Waals surface area contributed by atoms with Gasteiger partial charge >= 0.3 is 5.97 Å². The van der Waals surface area contributed by atoms with E-state index in [-0.39, 0.29) is 18.2 Å². The van der Waals surface area contributed by atoms with E-state index in [4.69, 9.17) is 0 Å². The van der Waals surface area contributed by atoms with Gasteiger partial charge in [0.05, 0.1) is 12.5 Å². The SMILES string of the molecule is Cc1ccc(-n2c(C)cc(C(=O)CN3CCCC(C(=O)O)C3)c2C)cc1C. The number of aliphatic carboxylic acids is 1. The number of piperidine rings is 1. The molecule has 1 aromatic heterocycles. The van der Waals surface area contributed by atoms with Crippen LogP contribution >= 0.6 is 0 Å². The topological polar surface area (TPSA) is 62.5 Å². The molecule has 0 bridgehead atoms. The minimum Gasteiger partial charge on any atom is -0.481 e. The molecule has 27 heavy (non-hydrogen) atoms. The molecule has 1 unspecified atom stereocenters. The second-order valence-corrected chi connectivity index (χ2v) is 7.72. The zero-order valence-electron chi connectivity index (χ0n) is 16.6. The van der Waals surface area contributed by atoms with Crippen LogP contribution in [0.5, 0.6) is 0 Å². The van der Waals surface area contributed by atoms with Gasteiger partial charge in [-0.15, -0.1) is 0 Å². The Hall–Kier alpha value is -2.40. The Morgan fingerprint density at radius 1 is 1.11 bits per heavy atom. The predicted molar refractivity (Wildman–Crippen MR) is 106 cm³/mol. The van der Waals surface area contributed by atoms with Gasteiger partial charge in [-0.2, -0.15) is 0 Å². The van der Waals surface area contributed by atoms with Crippen molar-refractivity contribution in [3.63, 3.8) is 0 Å². The minimum atomic E-state index is -0.764. The number of benzene rings is 1. The molecule has 1 atom stereocenters. The maximum atomic E-state index is 12.9. The lowest BCUT2D eigenvalue weighted by atomic mass is 9.98. The third-order valence-electron chi connectivity index (χ3n) is 5.70. The van der Waals surface area contributed by atoms with Crippen LogP contribution in [0.4, 0.5) is 0 Å². The number of Topliss-reactive ketones (excluding diaryl/α,β-unsaturated/α-hetero) is 1. The van der Waals surface area contributed by atoms with Gasteiger partial charge in [0, 0.05) is 29.2 Å². The average molecular weight is 368 g/mol. The molecule has 2 aromatic rings. The highest BCUT2D eigenvalue weighted by molar-refractivity contribution is 5.99. The first kappa shape index (κ1) is 19.4. The molecule has 1 fully saturated rings. The number of aryl methyl sites for hydroxylation is 3. The number of likely N-dealkylation sites (tertiary alicyclic amines) is 1. The number of nitrogens with zero attached hydrogens (tertiary/aromatic N) is 2. The summed E-state index contributed by atoms with van der Waals surface area (Å²) in [4.78, 5) is 26.2. The molecule has 2 heterocycles. The number of ketones is 1. The van der Waals surface area contributed by atoms with Gasteiger partial charge in [0.25, 0.3) is 0 Å². The van der Waals surface area contributed by atoms with Crippen LogP contribution < -0.4 is 0 Å². The van der Waals surface area contributed by atoms with Gasteiger partial charge in [0.1, 0.15) is 0 Å². The number of carboxylic acids is 1. The molecule has 1 N–H and O–H groups in total. The Bertz CT molecular complexity index is 882. The maximum Gasteiger partial charge on any atom is 0.307 e. The highest BCUT2D eigenvalue weighted by Gasteiger charge is 2.27. The largest absolute Gasteiger partial charge is 0.481 e. The quantitative estimate of drug-likeness (QED) is 0.818. The van der Waals surface area contributed by atoms with Gasteiger partial charge in [0.15, 0.2) is 5.78 Å². The number of carbonyl (C=O) groups excluding carboxylic acids is 1. The molecule has 1 aromatic carbocycles. The molecule has 0 saturated carbocycles. The van der Waals surface area contributed by atoms with Crippen LogP contribution in [0.1, 0.15) is 45.7 Å². The number of carbonyl (C=O) groups is 2. The normalized spacial score (nSPS) is 17.9. The molecule has 0 radical (unpaired) electrons. The van der Waals surface area contributed by atoms with Gasteiger partial charge in [-0.3, -0.25) is 14.5 Å². The molecule has 5 heteroatoms. The van der Waals surface area contributed by atoms with Gasteiger partial charge in [-0.25, -0.2) is 0 Å². The van der Waals surface area contributed by atoms with E-state index in [1.165, 1.54) is 11.1 Å². The van der Waals surface area contributed by atoms with Gasteiger partial charge in [0.2, 0.25) is 0 Å². The summed E-state index contributed by atoms with van der Waals surface area (Å²) in [6.07, 6.45) is 1.52. The van der Waals surface area contributed by atoms with Crippen molar-refractivity contribution >= 4 is 11.8 Å². The van der Waals surface area contributed by atoms with E-state index in [0.29, 0.717) is 13.0 Å².